The van der Waals surface area contributed by atoms with Crippen LogP contribution in [0.2, 0.25) is 0 Å². The van der Waals surface area contributed by atoms with Crippen molar-refractivity contribution in [2.75, 3.05) is 11.6 Å². The maximum Gasteiger partial charge on any atom is 0.0574 e. The van der Waals surface area contributed by atoms with Crippen LogP contribution >= 0.6 is 11.6 Å². The van der Waals surface area contributed by atoms with Crippen LogP contribution in [0.15, 0.2) is 24.5 Å². The van der Waals surface area contributed by atoms with E-state index in [0.29, 0.717) is 11.6 Å². The van der Waals surface area contributed by atoms with E-state index in [0.717, 1.165) is 12.0 Å². The molecule has 0 fully saturated rings. The number of anilines is 1. The monoisotopic (exact) mass is 182 g/mol. The minimum atomic E-state index is 0.640. The Bertz CT molecular complexity index is 271. The average Bonchev–Trinajstić information content (AvgIpc) is 2.09. The quantitative estimate of drug-likeness (QED) is 0.729. The Morgan fingerprint density at radius 1 is 1.58 bits per heavy atom. The molecule has 0 aliphatic heterocycles. The molecule has 2 nitrogen and oxygen atoms in total. The number of nitrogens with two attached hydrogens (primary N) is 1. The van der Waals surface area contributed by atoms with Crippen molar-refractivity contribution in [1.82, 2.24) is 4.98 Å². The number of nitrogens with zero attached hydrogens (tertiary/aromatic N) is 1. The molecular weight excluding hydrogens is 172 g/mol. The Labute approximate surface area is 77.1 Å². The van der Waals surface area contributed by atoms with Gasteiger partial charge in [0.15, 0.2) is 0 Å². The summed E-state index contributed by atoms with van der Waals surface area (Å²) in [6.45, 7) is 0. The Balaban J connectivity index is 2.68. The lowest BCUT2D eigenvalue weighted by molar-refractivity contribution is 1.24. The molecule has 64 valence electrons. The summed E-state index contributed by atoms with van der Waals surface area (Å²) < 4.78 is 0. The second-order valence-corrected chi connectivity index (χ2v) is 2.76. The van der Waals surface area contributed by atoms with Gasteiger partial charge >= 0.3 is 0 Å². The van der Waals surface area contributed by atoms with E-state index in [-0.39, 0.29) is 0 Å². The summed E-state index contributed by atoms with van der Waals surface area (Å²) in [5.74, 6) is 0.640. The van der Waals surface area contributed by atoms with Gasteiger partial charge in [-0.2, -0.15) is 0 Å². The fourth-order valence-electron chi connectivity index (χ4n) is 0.843. The van der Waals surface area contributed by atoms with E-state index in [4.69, 9.17) is 17.3 Å². The average molecular weight is 183 g/mol. The summed E-state index contributed by atoms with van der Waals surface area (Å²) >= 11 is 5.51. The van der Waals surface area contributed by atoms with Gasteiger partial charge in [-0.25, -0.2) is 0 Å². The highest BCUT2D eigenvalue weighted by atomic mass is 35.5. The van der Waals surface area contributed by atoms with Gasteiger partial charge in [0.25, 0.3) is 0 Å². The lowest BCUT2D eigenvalue weighted by Crippen LogP contribution is -1.89. The van der Waals surface area contributed by atoms with E-state index in [1.807, 2.05) is 18.2 Å². The number of hydrogen-bond acceptors (Lipinski definition) is 2. The first-order valence-corrected chi connectivity index (χ1v) is 4.30. The van der Waals surface area contributed by atoms with E-state index < -0.39 is 0 Å². The molecule has 0 saturated carbocycles. The van der Waals surface area contributed by atoms with Crippen LogP contribution in [-0.4, -0.2) is 10.9 Å². The van der Waals surface area contributed by atoms with Gasteiger partial charge in [0.05, 0.1) is 11.9 Å². The maximum atomic E-state index is 5.66. The summed E-state index contributed by atoms with van der Waals surface area (Å²) in [6, 6.07) is 1.88. The standard InChI is InChI=1S/C9H11ClN2/c10-5-2-1-3-8-4-6-12-7-9(8)11/h1,3-4,6-7H,2,5,11H2. The van der Waals surface area contributed by atoms with Crippen LogP contribution in [0.3, 0.4) is 0 Å². The molecule has 1 aromatic heterocycles. The van der Waals surface area contributed by atoms with Crippen molar-refractivity contribution in [2.24, 2.45) is 0 Å². The molecule has 0 amide bonds. The number of nitrogen functional groups attached to an aromatic ring is 1. The van der Waals surface area contributed by atoms with Gasteiger partial charge < -0.3 is 5.73 Å². The van der Waals surface area contributed by atoms with Gasteiger partial charge in [0.1, 0.15) is 0 Å². The second kappa shape index (κ2) is 4.78. The van der Waals surface area contributed by atoms with Crippen LogP contribution in [0.1, 0.15) is 12.0 Å². The van der Waals surface area contributed by atoms with Crippen molar-refractivity contribution >= 4 is 23.4 Å². The molecule has 12 heavy (non-hydrogen) atoms. The summed E-state index contributed by atoms with van der Waals surface area (Å²) in [7, 11) is 0. The van der Waals surface area contributed by atoms with Gasteiger partial charge in [-0.1, -0.05) is 12.2 Å². The van der Waals surface area contributed by atoms with Crippen molar-refractivity contribution < 1.29 is 0 Å². The van der Waals surface area contributed by atoms with E-state index >= 15 is 0 Å². The molecule has 0 aliphatic rings. The lowest BCUT2D eigenvalue weighted by Gasteiger charge is -1.96. The summed E-state index contributed by atoms with van der Waals surface area (Å²) in [4.78, 5) is 3.89. The fraction of sp³-hybridized carbons (Fsp3) is 0.222. The Hall–Kier alpha value is -1.02. The van der Waals surface area contributed by atoms with Gasteiger partial charge in [-0.15, -0.1) is 11.6 Å². The molecule has 0 bridgehead atoms. The van der Waals surface area contributed by atoms with E-state index in [1.165, 1.54) is 0 Å². The highest BCUT2D eigenvalue weighted by Gasteiger charge is 1.90. The van der Waals surface area contributed by atoms with Crippen LogP contribution in [0.5, 0.6) is 0 Å². The smallest absolute Gasteiger partial charge is 0.0574 e. The fourth-order valence-corrected chi connectivity index (χ4v) is 0.968. The Morgan fingerprint density at radius 2 is 2.42 bits per heavy atom. The summed E-state index contributed by atoms with van der Waals surface area (Å²) in [5.41, 5.74) is 7.35. The number of alkyl halides is 1. The van der Waals surface area contributed by atoms with Crippen molar-refractivity contribution in [3.63, 3.8) is 0 Å². The van der Waals surface area contributed by atoms with Gasteiger partial charge in [-0.05, 0) is 12.5 Å². The third kappa shape index (κ3) is 2.55. The first kappa shape index (κ1) is 9.07. The topological polar surface area (TPSA) is 38.9 Å². The van der Waals surface area contributed by atoms with Crippen LogP contribution < -0.4 is 5.73 Å². The van der Waals surface area contributed by atoms with E-state index in [9.17, 15) is 0 Å². The van der Waals surface area contributed by atoms with Crippen LogP contribution in [-0.2, 0) is 0 Å². The predicted octanol–water partition coefficient (Wildman–Crippen LogP) is 2.31. The largest absolute Gasteiger partial charge is 0.397 e. The van der Waals surface area contributed by atoms with Crippen LogP contribution in [0.25, 0.3) is 6.08 Å². The maximum absolute atomic E-state index is 5.66. The number of halogens is 1. The molecule has 1 rings (SSSR count). The number of pyridine rings is 1. The molecule has 3 heteroatoms. The highest BCUT2D eigenvalue weighted by Crippen LogP contribution is 2.10. The van der Waals surface area contributed by atoms with Crippen molar-refractivity contribution in [1.29, 1.82) is 0 Å². The third-order valence-corrected chi connectivity index (χ3v) is 1.68. The normalized spacial score (nSPS) is 10.8. The van der Waals surface area contributed by atoms with Crippen molar-refractivity contribution in [3.8, 4) is 0 Å². The zero-order valence-corrected chi connectivity index (χ0v) is 7.46. The molecule has 2 N–H and O–H groups in total. The zero-order valence-electron chi connectivity index (χ0n) is 6.70. The van der Waals surface area contributed by atoms with Gasteiger partial charge in [0.2, 0.25) is 0 Å². The molecule has 0 aromatic carbocycles. The van der Waals surface area contributed by atoms with Crippen molar-refractivity contribution in [2.45, 2.75) is 6.42 Å². The molecule has 0 aliphatic carbocycles. The first-order chi connectivity index (χ1) is 5.84. The van der Waals surface area contributed by atoms with Crippen LogP contribution in [0, 0.1) is 0 Å². The zero-order chi connectivity index (χ0) is 8.81. The number of aromatic nitrogens is 1. The third-order valence-electron chi connectivity index (χ3n) is 1.46. The minimum absolute atomic E-state index is 0.640. The molecule has 0 unspecified atom stereocenters. The van der Waals surface area contributed by atoms with Crippen LogP contribution in [0.4, 0.5) is 5.69 Å². The Morgan fingerprint density at radius 3 is 3.08 bits per heavy atom. The van der Waals surface area contributed by atoms with Gasteiger partial charge in [-0.3, -0.25) is 4.98 Å². The minimum Gasteiger partial charge on any atom is -0.397 e. The molecule has 0 saturated heterocycles. The first-order valence-electron chi connectivity index (χ1n) is 3.76. The summed E-state index contributed by atoms with van der Waals surface area (Å²) in [5, 5.41) is 0. The molecule has 0 atom stereocenters. The molecule has 1 aromatic rings. The highest BCUT2D eigenvalue weighted by molar-refractivity contribution is 6.17. The van der Waals surface area contributed by atoms with Crippen molar-refractivity contribution in [3.05, 3.63) is 30.1 Å². The SMILES string of the molecule is Nc1cnccc1C=CCCCl. The number of allylic oxidation sites excluding steroid dienone is 1. The van der Waals surface area contributed by atoms with E-state index in [1.54, 1.807) is 12.4 Å². The predicted molar refractivity (Wildman–Crippen MR) is 53.0 cm³/mol. The molecule has 1 heterocycles. The molecule has 0 radical (unpaired) electrons. The molecular formula is C9H11ClN2. The van der Waals surface area contributed by atoms with E-state index in [2.05, 4.69) is 4.98 Å². The Kier molecular flexibility index (Phi) is 3.61. The molecule has 0 spiro atoms. The second-order valence-electron chi connectivity index (χ2n) is 2.38. The lowest BCUT2D eigenvalue weighted by atomic mass is 10.2. The number of hydrogen-bond donors (Lipinski definition) is 1. The summed E-state index contributed by atoms with van der Waals surface area (Å²) in [6.07, 6.45) is 8.18. The van der Waals surface area contributed by atoms with Gasteiger partial charge in [0, 0.05) is 17.6 Å². The number of rotatable bonds is 3.